The van der Waals surface area contributed by atoms with Gasteiger partial charge in [0.15, 0.2) is 0 Å². The van der Waals surface area contributed by atoms with E-state index in [9.17, 15) is 4.79 Å². The molecule has 1 amide bonds. The van der Waals surface area contributed by atoms with Crippen LogP contribution in [0.2, 0.25) is 0 Å². The molecule has 94 valence electrons. The minimum absolute atomic E-state index is 0.147. The second-order valence-electron chi connectivity index (χ2n) is 4.23. The van der Waals surface area contributed by atoms with Crippen LogP contribution in [0.4, 0.5) is 0 Å². The molecule has 0 heterocycles. The monoisotopic (exact) mass is 234 g/mol. The molecular weight excluding hydrogens is 212 g/mol. The van der Waals surface area contributed by atoms with Crippen molar-refractivity contribution in [2.75, 3.05) is 20.1 Å². The van der Waals surface area contributed by atoms with Crippen molar-refractivity contribution < 1.29 is 4.79 Å². The summed E-state index contributed by atoms with van der Waals surface area (Å²) in [6.07, 6.45) is 2.41. The quantitative estimate of drug-likeness (QED) is 0.704. The molecular formula is C14H22N2O. The number of carbonyl (C=O) groups is 1. The summed E-state index contributed by atoms with van der Waals surface area (Å²) in [4.78, 5) is 11.5. The lowest BCUT2D eigenvalue weighted by Crippen LogP contribution is -2.26. The highest BCUT2D eigenvalue weighted by Gasteiger charge is 2.01. The van der Waals surface area contributed by atoms with Crippen LogP contribution >= 0.6 is 0 Å². The molecule has 17 heavy (non-hydrogen) atoms. The molecule has 1 rings (SSSR count). The molecule has 3 nitrogen and oxygen atoms in total. The van der Waals surface area contributed by atoms with Gasteiger partial charge >= 0.3 is 0 Å². The van der Waals surface area contributed by atoms with Gasteiger partial charge in [0.1, 0.15) is 0 Å². The van der Waals surface area contributed by atoms with Gasteiger partial charge in [-0.3, -0.25) is 4.79 Å². The molecule has 0 fully saturated rings. The highest BCUT2D eigenvalue weighted by Crippen LogP contribution is 2.06. The average molecular weight is 234 g/mol. The highest BCUT2D eigenvalue weighted by atomic mass is 16.1. The molecule has 0 aromatic heterocycles. The second-order valence-corrected chi connectivity index (χ2v) is 4.23. The van der Waals surface area contributed by atoms with Gasteiger partial charge in [0.25, 0.3) is 0 Å². The Kier molecular flexibility index (Phi) is 6.33. The van der Waals surface area contributed by atoms with Crippen molar-refractivity contribution in [1.29, 1.82) is 0 Å². The molecule has 0 aliphatic heterocycles. The van der Waals surface area contributed by atoms with E-state index in [2.05, 4.69) is 29.7 Å². The third-order valence-corrected chi connectivity index (χ3v) is 2.81. The summed E-state index contributed by atoms with van der Waals surface area (Å²) in [6.45, 7) is 3.72. The van der Waals surface area contributed by atoms with Crippen LogP contribution in [0.25, 0.3) is 0 Å². The van der Waals surface area contributed by atoms with Crippen LogP contribution in [-0.4, -0.2) is 26.0 Å². The predicted molar refractivity (Wildman–Crippen MR) is 71.1 cm³/mol. The number of aryl methyl sites for hydroxylation is 1. The van der Waals surface area contributed by atoms with Gasteiger partial charge in [0.2, 0.25) is 5.91 Å². The van der Waals surface area contributed by atoms with Crippen molar-refractivity contribution >= 4 is 5.91 Å². The smallest absolute Gasteiger partial charge is 0.220 e. The normalized spacial score (nSPS) is 10.2. The lowest BCUT2D eigenvalue weighted by Gasteiger charge is -2.07. The molecule has 0 spiro atoms. The van der Waals surface area contributed by atoms with E-state index in [1.54, 1.807) is 0 Å². The summed E-state index contributed by atoms with van der Waals surface area (Å²) in [7, 11) is 1.90. The number of hydrogen-bond acceptors (Lipinski definition) is 2. The van der Waals surface area contributed by atoms with Crippen LogP contribution in [0.15, 0.2) is 24.3 Å². The molecule has 0 aliphatic rings. The molecule has 0 saturated carbocycles. The Morgan fingerprint density at radius 2 is 2.00 bits per heavy atom. The number of rotatable bonds is 7. The molecule has 2 N–H and O–H groups in total. The summed E-state index contributed by atoms with van der Waals surface area (Å²) in [5, 5.41) is 5.98. The Morgan fingerprint density at radius 1 is 1.24 bits per heavy atom. The maximum absolute atomic E-state index is 11.5. The molecule has 1 aromatic carbocycles. The zero-order valence-electron chi connectivity index (χ0n) is 10.8. The van der Waals surface area contributed by atoms with E-state index >= 15 is 0 Å². The average Bonchev–Trinajstić information content (AvgIpc) is 2.32. The molecule has 0 atom stereocenters. The van der Waals surface area contributed by atoms with Gasteiger partial charge in [0, 0.05) is 13.0 Å². The van der Waals surface area contributed by atoms with Crippen molar-refractivity contribution in [2.45, 2.75) is 26.2 Å². The van der Waals surface area contributed by atoms with Gasteiger partial charge in [0.05, 0.1) is 0 Å². The first kappa shape index (κ1) is 13.7. The Morgan fingerprint density at radius 3 is 2.71 bits per heavy atom. The predicted octanol–water partition coefficient (Wildman–Crippen LogP) is 1.65. The first-order valence-electron chi connectivity index (χ1n) is 6.20. The Labute approximate surface area is 104 Å². The largest absolute Gasteiger partial charge is 0.356 e. The van der Waals surface area contributed by atoms with E-state index in [0.717, 1.165) is 25.9 Å². The van der Waals surface area contributed by atoms with Gasteiger partial charge in [-0.1, -0.05) is 24.3 Å². The topological polar surface area (TPSA) is 41.1 Å². The van der Waals surface area contributed by atoms with Crippen LogP contribution in [-0.2, 0) is 11.2 Å². The zero-order chi connectivity index (χ0) is 12.5. The maximum Gasteiger partial charge on any atom is 0.220 e. The maximum atomic E-state index is 11.5. The van der Waals surface area contributed by atoms with Crippen molar-refractivity contribution in [2.24, 2.45) is 0 Å². The summed E-state index contributed by atoms with van der Waals surface area (Å²) in [5.74, 6) is 0.147. The summed E-state index contributed by atoms with van der Waals surface area (Å²) in [6, 6.07) is 8.29. The van der Waals surface area contributed by atoms with Crippen molar-refractivity contribution in [3.63, 3.8) is 0 Å². The third-order valence-electron chi connectivity index (χ3n) is 2.81. The van der Waals surface area contributed by atoms with E-state index in [-0.39, 0.29) is 5.91 Å². The minimum atomic E-state index is 0.147. The number of hydrogen-bond donors (Lipinski definition) is 2. The second kappa shape index (κ2) is 7.85. The Balaban J connectivity index is 2.19. The fraction of sp³-hybridized carbons (Fsp3) is 0.500. The Bertz CT molecular complexity index is 350. The molecule has 0 saturated heterocycles. The van der Waals surface area contributed by atoms with Crippen molar-refractivity contribution in [3.8, 4) is 0 Å². The van der Waals surface area contributed by atoms with E-state index in [0.29, 0.717) is 6.42 Å². The summed E-state index contributed by atoms with van der Waals surface area (Å²) in [5.41, 5.74) is 2.60. The number of nitrogens with one attached hydrogen (secondary N) is 2. The van der Waals surface area contributed by atoms with E-state index < -0.39 is 0 Å². The van der Waals surface area contributed by atoms with E-state index in [1.165, 1.54) is 11.1 Å². The van der Waals surface area contributed by atoms with Gasteiger partial charge in [-0.25, -0.2) is 0 Å². The van der Waals surface area contributed by atoms with E-state index in [1.807, 2.05) is 19.2 Å². The van der Waals surface area contributed by atoms with Crippen molar-refractivity contribution in [1.82, 2.24) is 10.6 Å². The standard InChI is InChI=1S/C14H22N2O/c1-12-6-3-4-7-13(12)9-11-16-14(17)8-5-10-15-2/h3-4,6-7,15H,5,8-11H2,1-2H3,(H,16,17). The molecule has 0 bridgehead atoms. The summed E-state index contributed by atoms with van der Waals surface area (Å²) >= 11 is 0. The molecule has 0 unspecified atom stereocenters. The van der Waals surface area contributed by atoms with Gasteiger partial charge in [-0.2, -0.15) is 0 Å². The first-order chi connectivity index (χ1) is 8.24. The van der Waals surface area contributed by atoms with Crippen LogP contribution in [0, 0.1) is 6.92 Å². The third kappa shape index (κ3) is 5.50. The molecule has 3 heteroatoms. The highest BCUT2D eigenvalue weighted by molar-refractivity contribution is 5.75. The fourth-order valence-corrected chi connectivity index (χ4v) is 1.74. The minimum Gasteiger partial charge on any atom is -0.356 e. The van der Waals surface area contributed by atoms with Crippen LogP contribution in [0.5, 0.6) is 0 Å². The lowest BCUT2D eigenvalue weighted by atomic mass is 10.1. The number of carbonyl (C=O) groups excluding carboxylic acids is 1. The zero-order valence-corrected chi connectivity index (χ0v) is 10.8. The van der Waals surface area contributed by atoms with Gasteiger partial charge in [-0.05, 0) is 44.5 Å². The molecule has 1 aromatic rings. The van der Waals surface area contributed by atoms with Crippen LogP contribution in [0.3, 0.4) is 0 Å². The lowest BCUT2D eigenvalue weighted by molar-refractivity contribution is -0.121. The van der Waals surface area contributed by atoms with Crippen LogP contribution < -0.4 is 10.6 Å². The van der Waals surface area contributed by atoms with Gasteiger partial charge in [-0.15, -0.1) is 0 Å². The fourth-order valence-electron chi connectivity index (χ4n) is 1.74. The van der Waals surface area contributed by atoms with E-state index in [4.69, 9.17) is 0 Å². The SMILES string of the molecule is CNCCCC(=O)NCCc1ccccc1C. The van der Waals surface area contributed by atoms with Crippen LogP contribution in [0.1, 0.15) is 24.0 Å². The number of benzene rings is 1. The number of amides is 1. The molecule has 0 radical (unpaired) electrons. The first-order valence-corrected chi connectivity index (χ1v) is 6.20. The van der Waals surface area contributed by atoms with Crippen molar-refractivity contribution in [3.05, 3.63) is 35.4 Å². The Hall–Kier alpha value is -1.35. The summed E-state index contributed by atoms with van der Waals surface area (Å²) < 4.78 is 0. The van der Waals surface area contributed by atoms with Gasteiger partial charge < -0.3 is 10.6 Å². The molecule has 0 aliphatic carbocycles.